The Kier molecular flexibility index (Phi) is 7.02. The highest BCUT2D eigenvalue weighted by Crippen LogP contribution is 2.24. The van der Waals surface area contributed by atoms with Crippen molar-refractivity contribution < 1.29 is 22.8 Å². The highest BCUT2D eigenvalue weighted by atomic mass is 19.4. The molecule has 1 aliphatic rings. The van der Waals surface area contributed by atoms with Crippen LogP contribution < -0.4 is 16.0 Å². The van der Waals surface area contributed by atoms with Gasteiger partial charge >= 0.3 is 6.18 Å². The van der Waals surface area contributed by atoms with Crippen LogP contribution in [0.4, 0.5) is 18.9 Å². The topological polar surface area (TPSA) is 70.2 Å². The lowest BCUT2D eigenvalue weighted by Gasteiger charge is -2.27. The van der Waals surface area contributed by atoms with Crippen molar-refractivity contribution in [2.24, 2.45) is 11.8 Å². The number of piperidine rings is 1. The summed E-state index contributed by atoms with van der Waals surface area (Å²) in [5.74, 6) is -0.101. The van der Waals surface area contributed by atoms with E-state index in [2.05, 4.69) is 17.6 Å². The molecule has 2 amide bonds. The molecule has 0 bridgehead atoms. The van der Waals surface area contributed by atoms with E-state index in [-0.39, 0.29) is 17.4 Å². The van der Waals surface area contributed by atoms with Crippen molar-refractivity contribution in [2.45, 2.75) is 32.4 Å². The van der Waals surface area contributed by atoms with E-state index in [1.807, 2.05) is 0 Å². The van der Waals surface area contributed by atoms with Crippen LogP contribution in [0.1, 0.15) is 36.5 Å². The first-order valence-electron chi connectivity index (χ1n) is 8.70. The Labute approximate surface area is 150 Å². The van der Waals surface area contributed by atoms with Crippen LogP contribution >= 0.6 is 0 Å². The van der Waals surface area contributed by atoms with E-state index in [1.165, 1.54) is 24.3 Å². The number of alkyl halides is 3. The molecule has 1 unspecified atom stereocenters. The Morgan fingerprint density at radius 3 is 2.38 bits per heavy atom. The summed E-state index contributed by atoms with van der Waals surface area (Å²) in [7, 11) is 0. The smallest absolute Gasteiger partial charge is 0.343 e. The van der Waals surface area contributed by atoms with Crippen LogP contribution in [0.15, 0.2) is 24.3 Å². The molecule has 5 nitrogen and oxygen atoms in total. The zero-order valence-electron chi connectivity index (χ0n) is 14.7. The van der Waals surface area contributed by atoms with E-state index in [1.54, 1.807) is 5.32 Å². The highest BCUT2D eigenvalue weighted by molar-refractivity contribution is 5.95. The third-order valence-corrected chi connectivity index (χ3v) is 4.58. The molecule has 0 aliphatic carbocycles. The second-order valence-electron chi connectivity index (χ2n) is 6.69. The molecular weight excluding hydrogens is 347 g/mol. The molecule has 0 radical (unpaired) electrons. The number of carbonyl (C=O) groups is 2. The molecule has 8 heteroatoms. The molecule has 0 saturated carbocycles. The standard InChI is InChI=1S/C18H24F3N3O2/c1-12(13-6-8-22-9-7-13)10-16(25)24-15-4-2-14(3-5-15)17(26)23-11-18(19,20)21/h2-5,12-13,22H,6-11H2,1H3,(H,23,26)(H,24,25). The van der Waals surface area contributed by atoms with Gasteiger partial charge in [-0.3, -0.25) is 9.59 Å². The average molecular weight is 371 g/mol. The molecule has 144 valence electrons. The van der Waals surface area contributed by atoms with Crippen LogP contribution in [0.3, 0.4) is 0 Å². The van der Waals surface area contributed by atoms with Crippen LogP contribution in [-0.4, -0.2) is 37.6 Å². The highest BCUT2D eigenvalue weighted by Gasteiger charge is 2.28. The van der Waals surface area contributed by atoms with Gasteiger partial charge < -0.3 is 16.0 Å². The van der Waals surface area contributed by atoms with Gasteiger partial charge in [-0.1, -0.05) is 6.92 Å². The Morgan fingerprint density at radius 1 is 1.19 bits per heavy atom. The van der Waals surface area contributed by atoms with Crippen LogP contribution in [0.2, 0.25) is 0 Å². The summed E-state index contributed by atoms with van der Waals surface area (Å²) >= 11 is 0. The molecule has 0 aromatic heterocycles. The average Bonchev–Trinajstić information content (AvgIpc) is 2.60. The van der Waals surface area contributed by atoms with Crippen LogP contribution in [0, 0.1) is 11.8 Å². The molecule has 1 fully saturated rings. The number of carbonyl (C=O) groups excluding carboxylic acids is 2. The summed E-state index contributed by atoms with van der Waals surface area (Å²) in [6, 6.07) is 5.79. The van der Waals surface area contributed by atoms with E-state index < -0.39 is 18.6 Å². The summed E-state index contributed by atoms with van der Waals surface area (Å²) in [6.45, 7) is 2.66. The number of anilines is 1. The lowest BCUT2D eigenvalue weighted by Crippen LogP contribution is -2.33. The van der Waals surface area contributed by atoms with Gasteiger partial charge in [-0.25, -0.2) is 0 Å². The molecule has 1 aromatic rings. The Bertz CT molecular complexity index is 611. The maximum atomic E-state index is 12.2. The lowest BCUT2D eigenvalue weighted by atomic mass is 9.84. The molecule has 1 aliphatic heterocycles. The summed E-state index contributed by atoms with van der Waals surface area (Å²) < 4.78 is 36.3. The molecule has 1 saturated heterocycles. The van der Waals surface area contributed by atoms with E-state index in [0.717, 1.165) is 25.9 Å². The minimum absolute atomic E-state index is 0.106. The SMILES string of the molecule is CC(CC(=O)Nc1ccc(C(=O)NCC(F)(F)F)cc1)C1CCNCC1. The van der Waals surface area contributed by atoms with Crippen molar-refractivity contribution in [3.63, 3.8) is 0 Å². The van der Waals surface area contributed by atoms with Crippen molar-refractivity contribution in [2.75, 3.05) is 25.0 Å². The Morgan fingerprint density at radius 2 is 1.81 bits per heavy atom. The van der Waals surface area contributed by atoms with E-state index >= 15 is 0 Å². The van der Waals surface area contributed by atoms with Gasteiger partial charge in [0.05, 0.1) is 0 Å². The number of benzene rings is 1. The van der Waals surface area contributed by atoms with Gasteiger partial charge in [0.2, 0.25) is 5.91 Å². The fourth-order valence-corrected chi connectivity index (χ4v) is 3.07. The molecule has 1 aromatic carbocycles. The minimum atomic E-state index is -4.45. The zero-order valence-corrected chi connectivity index (χ0v) is 14.7. The predicted octanol–water partition coefficient (Wildman–Crippen LogP) is 2.94. The van der Waals surface area contributed by atoms with Crippen LogP contribution in [-0.2, 0) is 4.79 Å². The molecular formula is C18H24F3N3O2. The Balaban J connectivity index is 1.82. The molecule has 1 heterocycles. The molecule has 26 heavy (non-hydrogen) atoms. The van der Waals surface area contributed by atoms with Crippen molar-refractivity contribution >= 4 is 17.5 Å². The van der Waals surface area contributed by atoms with Gasteiger partial charge in [-0.2, -0.15) is 13.2 Å². The largest absolute Gasteiger partial charge is 0.405 e. The van der Waals surface area contributed by atoms with Gasteiger partial charge in [0.15, 0.2) is 0 Å². The number of halogens is 3. The molecule has 3 N–H and O–H groups in total. The van der Waals surface area contributed by atoms with Crippen LogP contribution in [0.25, 0.3) is 0 Å². The maximum Gasteiger partial charge on any atom is 0.405 e. The van der Waals surface area contributed by atoms with Gasteiger partial charge in [0.25, 0.3) is 5.91 Å². The summed E-state index contributed by atoms with van der Waals surface area (Å²) in [5.41, 5.74) is 0.621. The van der Waals surface area contributed by atoms with Gasteiger partial charge in [-0.15, -0.1) is 0 Å². The van der Waals surface area contributed by atoms with Gasteiger partial charge in [0, 0.05) is 17.7 Å². The molecule has 1 atom stereocenters. The number of hydrogen-bond donors (Lipinski definition) is 3. The number of amides is 2. The normalized spacial score (nSPS) is 16.8. The van der Waals surface area contributed by atoms with Crippen molar-refractivity contribution in [1.82, 2.24) is 10.6 Å². The predicted molar refractivity (Wildman–Crippen MR) is 92.8 cm³/mol. The Hall–Kier alpha value is -2.09. The summed E-state index contributed by atoms with van der Waals surface area (Å²) in [5, 5.41) is 7.87. The fourth-order valence-electron chi connectivity index (χ4n) is 3.07. The third kappa shape index (κ3) is 6.67. The van der Waals surface area contributed by atoms with Gasteiger partial charge in [-0.05, 0) is 62.0 Å². The quantitative estimate of drug-likeness (QED) is 0.720. The van der Waals surface area contributed by atoms with Crippen molar-refractivity contribution in [1.29, 1.82) is 0 Å². The van der Waals surface area contributed by atoms with Crippen molar-refractivity contribution in [3.05, 3.63) is 29.8 Å². The van der Waals surface area contributed by atoms with Crippen molar-refractivity contribution in [3.8, 4) is 0 Å². The second kappa shape index (κ2) is 9.02. The minimum Gasteiger partial charge on any atom is -0.343 e. The number of hydrogen-bond acceptors (Lipinski definition) is 3. The molecule has 0 spiro atoms. The monoisotopic (exact) mass is 371 g/mol. The van der Waals surface area contributed by atoms with Crippen LogP contribution in [0.5, 0.6) is 0 Å². The molecule has 2 rings (SSSR count). The zero-order chi connectivity index (χ0) is 19.2. The van der Waals surface area contributed by atoms with Gasteiger partial charge in [0.1, 0.15) is 6.54 Å². The number of nitrogens with one attached hydrogen (secondary N) is 3. The van der Waals surface area contributed by atoms with E-state index in [0.29, 0.717) is 18.0 Å². The first kappa shape index (κ1) is 20.2. The first-order chi connectivity index (χ1) is 12.2. The van der Waals surface area contributed by atoms with E-state index in [4.69, 9.17) is 0 Å². The second-order valence-corrected chi connectivity index (χ2v) is 6.69. The summed E-state index contributed by atoms with van der Waals surface area (Å²) in [6.07, 6.45) is -1.90. The first-order valence-corrected chi connectivity index (χ1v) is 8.70. The fraction of sp³-hybridized carbons (Fsp3) is 0.556. The lowest BCUT2D eigenvalue weighted by molar-refractivity contribution is -0.123. The third-order valence-electron chi connectivity index (χ3n) is 4.58. The summed E-state index contributed by atoms with van der Waals surface area (Å²) in [4.78, 5) is 23.8. The number of rotatable bonds is 6. The maximum absolute atomic E-state index is 12.2. The van der Waals surface area contributed by atoms with E-state index in [9.17, 15) is 22.8 Å².